The van der Waals surface area contributed by atoms with Crippen molar-refractivity contribution in [3.63, 3.8) is 0 Å². The van der Waals surface area contributed by atoms with E-state index in [1.54, 1.807) is 20.0 Å². The standard InChI is InChI=1S/C10H13F3N2O2/c1-3-16-9-7(14-2)4-5-8(15-9)17-6-10(11,12)13/h4-5,14H,3,6H2,1-2H3. The van der Waals surface area contributed by atoms with Crippen molar-refractivity contribution in [3.05, 3.63) is 12.1 Å². The first-order valence-electron chi connectivity index (χ1n) is 4.97. The van der Waals surface area contributed by atoms with Gasteiger partial charge in [-0.25, -0.2) is 0 Å². The number of nitrogens with one attached hydrogen (secondary N) is 1. The lowest BCUT2D eigenvalue weighted by atomic mass is 10.4. The SMILES string of the molecule is CCOc1nc(OCC(F)(F)F)ccc1NC. The van der Waals surface area contributed by atoms with Crippen LogP contribution in [0, 0.1) is 0 Å². The second-order valence-electron chi connectivity index (χ2n) is 3.09. The normalized spacial score (nSPS) is 11.1. The summed E-state index contributed by atoms with van der Waals surface area (Å²) < 4.78 is 45.5. The molecule has 1 aromatic heterocycles. The monoisotopic (exact) mass is 250 g/mol. The Morgan fingerprint density at radius 3 is 2.53 bits per heavy atom. The number of rotatable bonds is 5. The van der Waals surface area contributed by atoms with Crippen molar-refractivity contribution in [2.45, 2.75) is 13.1 Å². The summed E-state index contributed by atoms with van der Waals surface area (Å²) >= 11 is 0. The molecule has 1 rings (SSSR count). The second-order valence-corrected chi connectivity index (χ2v) is 3.09. The summed E-state index contributed by atoms with van der Waals surface area (Å²) in [5.74, 6) is 0.0967. The van der Waals surface area contributed by atoms with Crippen molar-refractivity contribution in [3.8, 4) is 11.8 Å². The minimum Gasteiger partial charge on any atom is -0.476 e. The quantitative estimate of drug-likeness (QED) is 0.871. The van der Waals surface area contributed by atoms with Gasteiger partial charge in [0.2, 0.25) is 11.8 Å². The molecule has 0 aromatic carbocycles. The van der Waals surface area contributed by atoms with E-state index in [1.807, 2.05) is 0 Å². The lowest BCUT2D eigenvalue weighted by Crippen LogP contribution is -2.19. The molecule has 1 N–H and O–H groups in total. The Balaban J connectivity index is 2.77. The van der Waals surface area contributed by atoms with Gasteiger partial charge < -0.3 is 14.8 Å². The van der Waals surface area contributed by atoms with Crippen LogP contribution in [0.1, 0.15) is 6.92 Å². The van der Waals surface area contributed by atoms with Crippen LogP contribution in [0.2, 0.25) is 0 Å². The van der Waals surface area contributed by atoms with E-state index in [2.05, 4.69) is 15.0 Å². The highest BCUT2D eigenvalue weighted by Crippen LogP contribution is 2.25. The summed E-state index contributed by atoms with van der Waals surface area (Å²) in [5.41, 5.74) is 0.589. The van der Waals surface area contributed by atoms with Crippen LogP contribution < -0.4 is 14.8 Å². The Morgan fingerprint density at radius 2 is 2.00 bits per heavy atom. The fourth-order valence-electron chi connectivity index (χ4n) is 1.10. The minimum atomic E-state index is -4.38. The van der Waals surface area contributed by atoms with Crippen LogP contribution in [0.3, 0.4) is 0 Å². The van der Waals surface area contributed by atoms with Crippen molar-refractivity contribution < 1.29 is 22.6 Å². The third-order valence-electron chi connectivity index (χ3n) is 1.77. The molecule has 1 aromatic rings. The van der Waals surface area contributed by atoms with Gasteiger partial charge in [-0.3, -0.25) is 0 Å². The van der Waals surface area contributed by atoms with Gasteiger partial charge in [0, 0.05) is 13.1 Å². The van der Waals surface area contributed by atoms with Gasteiger partial charge in [-0.2, -0.15) is 18.2 Å². The molecule has 0 bridgehead atoms. The molecule has 0 radical (unpaired) electrons. The maximum absolute atomic E-state index is 11.9. The van der Waals surface area contributed by atoms with E-state index in [1.165, 1.54) is 6.07 Å². The fraction of sp³-hybridized carbons (Fsp3) is 0.500. The van der Waals surface area contributed by atoms with E-state index in [9.17, 15) is 13.2 Å². The van der Waals surface area contributed by atoms with Crippen molar-refractivity contribution in [1.29, 1.82) is 0 Å². The fourth-order valence-corrected chi connectivity index (χ4v) is 1.10. The van der Waals surface area contributed by atoms with Gasteiger partial charge in [-0.1, -0.05) is 0 Å². The van der Waals surface area contributed by atoms with E-state index in [0.29, 0.717) is 12.3 Å². The molecule has 0 aliphatic carbocycles. The summed E-state index contributed by atoms with van der Waals surface area (Å²) in [6.45, 7) is 0.749. The van der Waals surface area contributed by atoms with Crippen molar-refractivity contribution in [2.24, 2.45) is 0 Å². The number of ether oxygens (including phenoxy) is 2. The molecular weight excluding hydrogens is 237 g/mol. The lowest BCUT2D eigenvalue weighted by molar-refractivity contribution is -0.154. The van der Waals surface area contributed by atoms with Gasteiger partial charge >= 0.3 is 6.18 Å². The molecule has 0 saturated heterocycles. The Kier molecular flexibility index (Phi) is 4.42. The third-order valence-corrected chi connectivity index (χ3v) is 1.77. The highest BCUT2D eigenvalue weighted by molar-refractivity contribution is 5.53. The molecule has 96 valence electrons. The number of nitrogens with zero attached hydrogens (tertiary/aromatic N) is 1. The summed E-state index contributed by atoms with van der Waals surface area (Å²) in [5, 5.41) is 2.81. The van der Waals surface area contributed by atoms with Crippen LogP contribution in [0.15, 0.2) is 12.1 Å². The number of alkyl halides is 3. The number of pyridine rings is 1. The van der Waals surface area contributed by atoms with E-state index in [4.69, 9.17) is 4.74 Å². The number of aromatic nitrogens is 1. The van der Waals surface area contributed by atoms with Crippen LogP contribution in [-0.4, -0.2) is 31.4 Å². The molecule has 0 saturated carbocycles. The Bertz CT molecular complexity index is 369. The average Bonchev–Trinajstić information content (AvgIpc) is 2.26. The molecule has 0 fully saturated rings. The van der Waals surface area contributed by atoms with Gasteiger partial charge in [-0.05, 0) is 13.0 Å². The Hall–Kier alpha value is -1.66. The zero-order valence-corrected chi connectivity index (χ0v) is 9.47. The topological polar surface area (TPSA) is 43.4 Å². The summed E-state index contributed by atoms with van der Waals surface area (Å²) in [6.07, 6.45) is -4.38. The molecule has 0 aliphatic rings. The van der Waals surface area contributed by atoms with Gasteiger partial charge in [0.15, 0.2) is 6.61 Å². The largest absolute Gasteiger partial charge is 0.476 e. The molecule has 0 unspecified atom stereocenters. The Morgan fingerprint density at radius 1 is 1.29 bits per heavy atom. The van der Waals surface area contributed by atoms with Crippen molar-refractivity contribution in [1.82, 2.24) is 4.98 Å². The zero-order valence-electron chi connectivity index (χ0n) is 9.47. The number of halogens is 3. The van der Waals surface area contributed by atoms with Gasteiger partial charge in [0.05, 0.1) is 12.3 Å². The predicted molar refractivity (Wildman–Crippen MR) is 56.5 cm³/mol. The highest BCUT2D eigenvalue weighted by Gasteiger charge is 2.28. The first kappa shape index (κ1) is 13.4. The van der Waals surface area contributed by atoms with Crippen LogP contribution in [0.5, 0.6) is 11.8 Å². The number of hydrogen-bond acceptors (Lipinski definition) is 4. The smallest absolute Gasteiger partial charge is 0.422 e. The van der Waals surface area contributed by atoms with Gasteiger partial charge in [0.1, 0.15) is 0 Å². The molecule has 17 heavy (non-hydrogen) atoms. The molecule has 1 heterocycles. The first-order chi connectivity index (χ1) is 7.96. The maximum atomic E-state index is 11.9. The predicted octanol–water partition coefficient (Wildman–Crippen LogP) is 2.46. The summed E-state index contributed by atoms with van der Waals surface area (Å²) in [4.78, 5) is 3.83. The number of anilines is 1. The van der Waals surface area contributed by atoms with Crippen molar-refractivity contribution in [2.75, 3.05) is 25.6 Å². The van der Waals surface area contributed by atoms with E-state index < -0.39 is 12.8 Å². The number of hydrogen-bond donors (Lipinski definition) is 1. The lowest BCUT2D eigenvalue weighted by Gasteiger charge is -2.12. The van der Waals surface area contributed by atoms with Gasteiger partial charge in [-0.15, -0.1) is 0 Å². The molecule has 7 heteroatoms. The average molecular weight is 250 g/mol. The summed E-state index contributed by atoms with van der Waals surface area (Å²) in [6, 6.07) is 2.89. The maximum Gasteiger partial charge on any atom is 0.422 e. The van der Waals surface area contributed by atoms with E-state index >= 15 is 0 Å². The highest BCUT2D eigenvalue weighted by atomic mass is 19.4. The second kappa shape index (κ2) is 5.60. The van der Waals surface area contributed by atoms with Crippen LogP contribution in [-0.2, 0) is 0 Å². The van der Waals surface area contributed by atoms with Crippen LogP contribution >= 0.6 is 0 Å². The minimum absolute atomic E-state index is 0.121. The molecule has 0 spiro atoms. The molecule has 4 nitrogen and oxygen atoms in total. The summed E-state index contributed by atoms with van der Waals surface area (Å²) in [7, 11) is 1.66. The van der Waals surface area contributed by atoms with E-state index in [0.717, 1.165) is 0 Å². The third kappa shape index (κ3) is 4.38. The van der Waals surface area contributed by atoms with Crippen LogP contribution in [0.25, 0.3) is 0 Å². The Labute approximate surface area is 96.7 Å². The molecule has 0 amide bonds. The van der Waals surface area contributed by atoms with Crippen LogP contribution in [0.4, 0.5) is 18.9 Å². The van der Waals surface area contributed by atoms with Gasteiger partial charge in [0.25, 0.3) is 0 Å². The first-order valence-corrected chi connectivity index (χ1v) is 4.97. The molecular formula is C10H13F3N2O2. The zero-order chi connectivity index (χ0) is 12.9. The molecule has 0 atom stereocenters. The molecule has 0 aliphatic heterocycles. The van der Waals surface area contributed by atoms with E-state index in [-0.39, 0.29) is 11.8 Å². The van der Waals surface area contributed by atoms with Crippen molar-refractivity contribution >= 4 is 5.69 Å².